The summed E-state index contributed by atoms with van der Waals surface area (Å²) in [5, 5.41) is 2.49. The Morgan fingerprint density at radius 2 is 1.75 bits per heavy atom. The topological polar surface area (TPSA) is 38.0 Å². The lowest BCUT2D eigenvalue weighted by Crippen LogP contribution is -2.50. The maximum Gasteiger partial charge on any atom is 0.389 e. The molecule has 0 heterocycles. The Kier molecular flexibility index (Phi) is 6.17. The van der Waals surface area contributed by atoms with Crippen molar-refractivity contribution in [2.45, 2.75) is 44.3 Å². The zero-order chi connectivity index (χ0) is 12.8. The third kappa shape index (κ3) is 7.81. The van der Waals surface area contributed by atoms with Gasteiger partial charge in [-0.25, -0.2) is 8.78 Å². The van der Waals surface area contributed by atoms with Gasteiger partial charge in [-0.3, -0.25) is 0 Å². The summed E-state index contributed by atoms with van der Waals surface area (Å²) in [5.74, 6) is 0. The highest BCUT2D eigenvalue weighted by molar-refractivity contribution is 4.84. The summed E-state index contributed by atoms with van der Waals surface area (Å²) in [7, 11) is 0. The van der Waals surface area contributed by atoms with E-state index >= 15 is 0 Å². The Balaban J connectivity index is 3.97. The van der Waals surface area contributed by atoms with E-state index in [0.717, 1.165) is 0 Å². The zero-order valence-electron chi connectivity index (χ0n) is 9.08. The normalized spacial score (nSPS) is 16.5. The van der Waals surface area contributed by atoms with Crippen molar-refractivity contribution in [1.82, 2.24) is 5.32 Å². The Morgan fingerprint density at radius 3 is 2.12 bits per heavy atom. The minimum atomic E-state index is -4.21. The van der Waals surface area contributed by atoms with Crippen LogP contribution in [0.2, 0.25) is 0 Å². The van der Waals surface area contributed by atoms with Crippen LogP contribution in [0.4, 0.5) is 22.0 Å². The fourth-order valence-electron chi connectivity index (χ4n) is 1.27. The van der Waals surface area contributed by atoms with E-state index in [2.05, 4.69) is 5.32 Å². The molecule has 0 spiro atoms. The van der Waals surface area contributed by atoms with Crippen LogP contribution in [0, 0.1) is 0 Å². The number of rotatable bonds is 7. The standard InChI is InChI=1S/C9H17F5N2/c1-8(6-15,16-5-7(10)11)3-2-4-9(12,13)14/h7,16H,2-6,15H2,1H3. The molecule has 0 saturated carbocycles. The van der Waals surface area contributed by atoms with Gasteiger partial charge in [-0.1, -0.05) is 0 Å². The number of halogens is 5. The molecule has 0 aliphatic carbocycles. The van der Waals surface area contributed by atoms with E-state index < -0.39 is 31.1 Å². The van der Waals surface area contributed by atoms with Gasteiger partial charge in [-0.05, 0) is 19.8 Å². The molecule has 0 aromatic carbocycles. The third-order valence-electron chi connectivity index (χ3n) is 2.32. The molecule has 98 valence electrons. The molecule has 1 atom stereocenters. The molecule has 0 aromatic rings. The maximum absolute atomic E-state index is 11.9. The first-order valence-corrected chi connectivity index (χ1v) is 4.98. The van der Waals surface area contributed by atoms with Gasteiger partial charge in [0, 0.05) is 18.5 Å². The molecule has 7 heteroatoms. The minimum Gasteiger partial charge on any atom is -0.329 e. The summed E-state index contributed by atoms with van der Waals surface area (Å²) in [6, 6.07) is 0. The molecule has 0 fully saturated rings. The second kappa shape index (κ2) is 6.34. The molecule has 0 aliphatic heterocycles. The highest BCUT2D eigenvalue weighted by Gasteiger charge is 2.29. The van der Waals surface area contributed by atoms with E-state index in [9.17, 15) is 22.0 Å². The van der Waals surface area contributed by atoms with Crippen LogP contribution in [0.5, 0.6) is 0 Å². The van der Waals surface area contributed by atoms with E-state index in [0.29, 0.717) is 0 Å². The molecule has 2 nitrogen and oxygen atoms in total. The third-order valence-corrected chi connectivity index (χ3v) is 2.32. The minimum absolute atomic E-state index is 0.0254. The molecule has 16 heavy (non-hydrogen) atoms. The van der Waals surface area contributed by atoms with Crippen LogP contribution in [0.1, 0.15) is 26.2 Å². The summed E-state index contributed by atoms with van der Waals surface area (Å²) in [6.07, 6.45) is -7.66. The molecule has 0 bridgehead atoms. The molecule has 0 rings (SSSR count). The second-order valence-electron chi connectivity index (χ2n) is 4.01. The first-order chi connectivity index (χ1) is 7.18. The summed E-state index contributed by atoms with van der Waals surface area (Å²) in [6.45, 7) is 1.02. The van der Waals surface area contributed by atoms with Crippen molar-refractivity contribution >= 4 is 0 Å². The fourth-order valence-corrected chi connectivity index (χ4v) is 1.27. The predicted octanol–water partition coefficient (Wildman–Crippen LogP) is 2.29. The summed E-state index contributed by atoms with van der Waals surface area (Å²) in [4.78, 5) is 0. The van der Waals surface area contributed by atoms with Gasteiger partial charge in [0.15, 0.2) is 0 Å². The quantitative estimate of drug-likeness (QED) is 0.678. The van der Waals surface area contributed by atoms with Gasteiger partial charge in [0.2, 0.25) is 0 Å². The van der Waals surface area contributed by atoms with E-state index in [1.165, 1.54) is 0 Å². The van der Waals surface area contributed by atoms with Gasteiger partial charge in [-0.15, -0.1) is 0 Å². The molecule has 0 aromatic heterocycles. The van der Waals surface area contributed by atoms with Crippen LogP contribution in [-0.2, 0) is 0 Å². The van der Waals surface area contributed by atoms with Gasteiger partial charge < -0.3 is 11.1 Å². The molecule has 3 N–H and O–H groups in total. The van der Waals surface area contributed by atoms with Crippen LogP contribution in [0.25, 0.3) is 0 Å². The molecule has 0 radical (unpaired) electrons. The number of nitrogens with one attached hydrogen (secondary N) is 1. The highest BCUT2D eigenvalue weighted by atomic mass is 19.4. The van der Waals surface area contributed by atoms with E-state index in [-0.39, 0.29) is 19.4 Å². The lowest BCUT2D eigenvalue weighted by molar-refractivity contribution is -0.136. The number of hydrogen-bond acceptors (Lipinski definition) is 2. The Labute approximate surface area is 91.4 Å². The van der Waals surface area contributed by atoms with Crippen LogP contribution >= 0.6 is 0 Å². The van der Waals surface area contributed by atoms with E-state index in [1.54, 1.807) is 6.92 Å². The smallest absolute Gasteiger partial charge is 0.329 e. The second-order valence-corrected chi connectivity index (χ2v) is 4.01. The summed E-state index contributed by atoms with van der Waals surface area (Å²) >= 11 is 0. The van der Waals surface area contributed by atoms with E-state index in [1.807, 2.05) is 0 Å². The maximum atomic E-state index is 11.9. The van der Waals surface area contributed by atoms with Crippen molar-refractivity contribution in [3.8, 4) is 0 Å². The Bertz CT molecular complexity index is 195. The van der Waals surface area contributed by atoms with E-state index in [4.69, 9.17) is 5.73 Å². The molecule has 0 saturated heterocycles. The molecular formula is C9H17F5N2. The van der Waals surface area contributed by atoms with Crippen molar-refractivity contribution in [3.63, 3.8) is 0 Å². The van der Waals surface area contributed by atoms with Gasteiger partial charge >= 0.3 is 6.18 Å². The largest absolute Gasteiger partial charge is 0.389 e. The Hall–Kier alpha value is -0.430. The number of alkyl halides is 5. The van der Waals surface area contributed by atoms with Gasteiger partial charge in [0.25, 0.3) is 6.43 Å². The summed E-state index contributed by atoms with van der Waals surface area (Å²) in [5.41, 5.74) is 4.49. The van der Waals surface area contributed by atoms with Crippen molar-refractivity contribution in [3.05, 3.63) is 0 Å². The molecule has 0 aliphatic rings. The zero-order valence-corrected chi connectivity index (χ0v) is 9.08. The lowest BCUT2D eigenvalue weighted by atomic mass is 9.95. The highest BCUT2D eigenvalue weighted by Crippen LogP contribution is 2.24. The average molecular weight is 248 g/mol. The fraction of sp³-hybridized carbons (Fsp3) is 1.00. The van der Waals surface area contributed by atoms with Crippen LogP contribution < -0.4 is 11.1 Å². The van der Waals surface area contributed by atoms with Crippen molar-refractivity contribution < 1.29 is 22.0 Å². The van der Waals surface area contributed by atoms with Crippen LogP contribution in [0.3, 0.4) is 0 Å². The van der Waals surface area contributed by atoms with Gasteiger partial charge in [0.05, 0.1) is 6.54 Å². The predicted molar refractivity (Wildman–Crippen MR) is 51.4 cm³/mol. The molecule has 1 unspecified atom stereocenters. The van der Waals surface area contributed by atoms with Crippen molar-refractivity contribution in [2.75, 3.05) is 13.1 Å². The average Bonchev–Trinajstić information content (AvgIpc) is 2.13. The lowest BCUT2D eigenvalue weighted by Gasteiger charge is -2.29. The number of nitrogens with two attached hydrogens (primary N) is 1. The molecular weight excluding hydrogens is 231 g/mol. The monoisotopic (exact) mass is 248 g/mol. The van der Waals surface area contributed by atoms with Gasteiger partial charge in [-0.2, -0.15) is 13.2 Å². The Morgan fingerprint density at radius 1 is 1.19 bits per heavy atom. The van der Waals surface area contributed by atoms with Crippen molar-refractivity contribution in [2.24, 2.45) is 5.73 Å². The van der Waals surface area contributed by atoms with Gasteiger partial charge in [0.1, 0.15) is 0 Å². The van der Waals surface area contributed by atoms with Crippen LogP contribution in [-0.4, -0.2) is 31.2 Å². The number of hydrogen-bond donors (Lipinski definition) is 2. The first-order valence-electron chi connectivity index (χ1n) is 4.98. The SMILES string of the molecule is CC(CN)(CCCC(F)(F)F)NCC(F)F. The summed E-state index contributed by atoms with van der Waals surface area (Å²) < 4.78 is 59.5. The first kappa shape index (κ1) is 15.6. The van der Waals surface area contributed by atoms with Crippen LogP contribution in [0.15, 0.2) is 0 Å². The molecule has 0 amide bonds. The van der Waals surface area contributed by atoms with Crippen molar-refractivity contribution in [1.29, 1.82) is 0 Å².